The largest absolute Gasteiger partial charge is 0.478 e. The topological polar surface area (TPSA) is 334 Å². The summed E-state index contributed by atoms with van der Waals surface area (Å²) in [6.07, 6.45) is 3.32. The molecule has 0 unspecified atom stereocenters. The third-order valence-corrected chi connectivity index (χ3v) is 13.5. The normalized spacial score (nSPS) is 11.4. The smallest absolute Gasteiger partial charge is 0.341 e. The maximum atomic E-state index is 13.4. The van der Waals surface area contributed by atoms with Crippen LogP contribution in [-0.4, -0.2) is 74.2 Å². The fourth-order valence-electron chi connectivity index (χ4n) is 6.99. The van der Waals surface area contributed by atoms with Crippen molar-refractivity contribution < 1.29 is 68.4 Å². The van der Waals surface area contributed by atoms with Crippen LogP contribution in [0.1, 0.15) is 97.3 Å². The van der Waals surface area contributed by atoms with Gasteiger partial charge in [-0.15, -0.1) is 0 Å². The zero-order valence-corrected chi connectivity index (χ0v) is 45.1. The molecule has 0 aliphatic heterocycles. The number of rotatable bonds is 26. The van der Waals surface area contributed by atoms with Gasteiger partial charge in [-0.2, -0.15) is 0 Å². The number of carboxylic acid groups (broad SMARTS) is 1. The minimum Gasteiger partial charge on any atom is -0.478 e. The van der Waals surface area contributed by atoms with Crippen LogP contribution >= 0.6 is 0 Å². The second kappa shape index (κ2) is 27.9. The summed E-state index contributed by atoms with van der Waals surface area (Å²) < 4.78 is 103. The fourth-order valence-corrected chi connectivity index (χ4v) is 9.09. The molecule has 0 aromatic heterocycles. The zero-order chi connectivity index (χ0) is 56.3. The molecule has 0 spiro atoms. The molecule has 6 rings (SSSR count). The molecule has 77 heavy (non-hydrogen) atoms. The van der Waals surface area contributed by atoms with Gasteiger partial charge in [0.05, 0.1) is 33.8 Å². The van der Waals surface area contributed by atoms with Crippen LogP contribution in [0.5, 0.6) is 34.5 Å². The van der Waals surface area contributed by atoms with Crippen LogP contribution in [0.3, 0.4) is 0 Å². The molecular weight excluding hydrogens is 1060 g/mol. The molecule has 0 amide bonds. The fraction of sp³-hybridized carbons (Fsp3) is 0.264. The van der Waals surface area contributed by atoms with E-state index in [-0.39, 0.29) is 55.9 Å². The second-order valence-corrected chi connectivity index (χ2v) is 21.5. The van der Waals surface area contributed by atoms with Crippen molar-refractivity contribution in [3.05, 3.63) is 144 Å². The van der Waals surface area contributed by atoms with Crippen molar-refractivity contribution >= 4 is 65.0 Å². The highest BCUT2D eigenvalue weighted by molar-refractivity contribution is 7.89. The Morgan fingerprint density at radius 2 is 0.740 bits per heavy atom. The summed E-state index contributed by atoms with van der Waals surface area (Å²) in [5.41, 5.74) is -0.0567. The number of ether oxygens (including phenoxy) is 5. The average molecular weight is 1120 g/mol. The van der Waals surface area contributed by atoms with E-state index in [1.807, 2.05) is 20.8 Å². The number of carbonyl (C=O) groups is 3. The number of nitrogens with one attached hydrogen (secondary N) is 3. The first kappa shape index (κ1) is 60.1. The molecule has 0 fully saturated rings. The Balaban J connectivity index is 0.000000364. The van der Waals surface area contributed by atoms with Gasteiger partial charge in [0, 0.05) is 26.6 Å². The van der Waals surface area contributed by atoms with Crippen molar-refractivity contribution in [1.29, 1.82) is 0 Å². The van der Waals surface area contributed by atoms with E-state index in [0.717, 1.165) is 56.7 Å². The van der Waals surface area contributed by atoms with Gasteiger partial charge in [0.1, 0.15) is 31.9 Å². The van der Waals surface area contributed by atoms with E-state index >= 15 is 0 Å². The minimum absolute atomic E-state index is 0.0187. The van der Waals surface area contributed by atoms with Gasteiger partial charge in [-0.3, -0.25) is 0 Å². The Morgan fingerprint density at radius 3 is 1.00 bits per heavy atom. The first-order valence-electron chi connectivity index (χ1n) is 24.2. The molecule has 0 bridgehead atoms. The molecule has 0 aliphatic rings. The lowest BCUT2D eigenvalue weighted by Crippen LogP contribution is -2.23. The highest BCUT2D eigenvalue weighted by atomic mass is 32.2. The highest BCUT2D eigenvalue weighted by Crippen LogP contribution is 2.40. The molecule has 6 aromatic rings. The number of para-hydroxylation sites is 3. The molecule has 6 aromatic carbocycles. The number of aromatic carboxylic acids is 1. The van der Waals surface area contributed by atoms with Crippen LogP contribution in [0, 0.1) is 0 Å². The first-order chi connectivity index (χ1) is 36.5. The van der Waals surface area contributed by atoms with Crippen LogP contribution in [-0.2, 0) is 39.5 Å². The summed E-state index contributed by atoms with van der Waals surface area (Å²) >= 11 is 0. The number of nitrogens with two attached hydrogens (primary N) is 3. The predicted octanol–water partition coefficient (Wildman–Crippen LogP) is 9.39. The molecule has 0 radical (unpaired) electrons. The van der Waals surface area contributed by atoms with Crippen LogP contribution in [0.2, 0.25) is 0 Å². The van der Waals surface area contributed by atoms with Crippen LogP contribution < -0.4 is 45.6 Å². The van der Waals surface area contributed by atoms with E-state index < -0.39 is 64.1 Å². The Morgan fingerprint density at radius 1 is 0.468 bits per heavy atom. The molecule has 0 saturated heterocycles. The number of hydrogen-bond acceptors (Lipinski definition) is 17. The van der Waals surface area contributed by atoms with Crippen LogP contribution in [0.4, 0.5) is 17.1 Å². The Labute approximate surface area is 448 Å². The molecule has 0 saturated carbocycles. The molecular formula is C53H62N6O15S3. The maximum absolute atomic E-state index is 13.4. The van der Waals surface area contributed by atoms with E-state index in [1.165, 1.54) is 25.1 Å². The quantitative estimate of drug-likeness (QED) is 0.0151. The van der Waals surface area contributed by atoms with Crippen molar-refractivity contribution in [2.45, 2.75) is 87.2 Å². The number of esters is 2. The summed E-state index contributed by atoms with van der Waals surface area (Å²) in [6, 6.07) is 32.5. The zero-order valence-electron chi connectivity index (χ0n) is 42.7. The molecule has 0 atom stereocenters. The van der Waals surface area contributed by atoms with Gasteiger partial charge in [0.2, 0.25) is 36.4 Å². The summed E-state index contributed by atoms with van der Waals surface area (Å²) in [7, 11) is -13.1. The number of unbranched alkanes of at least 4 members (excludes halogenated alkanes) is 3. The van der Waals surface area contributed by atoms with Gasteiger partial charge >= 0.3 is 17.9 Å². The van der Waals surface area contributed by atoms with Gasteiger partial charge in [-0.25, -0.2) is 55.1 Å². The maximum Gasteiger partial charge on any atom is 0.341 e. The molecule has 10 N–H and O–H groups in total. The number of carboxylic acids is 1. The lowest BCUT2D eigenvalue weighted by molar-refractivity contribution is -0.0692. The molecule has 0 aliphatic carbocycles. The van der Waals surface area contributed by atoms with Gasteiger partial charge in [-0.05, 0) is 92.1 Å². The Kier molecular flexibility index (Phi) is 21.8. The number of hydrogen-bond donors (Lipinski definition) is 7. The van der Waals surface area contributed by atoms with Gasteiger partial charge < -0.3 is 44.7 Å². The summed E-state index contributed by atoms with van der Waals surface area (Å²) in [5, 5.41) is 34.9. The second-order valence-electron chi connectivity index (χ2n) is 17.0. The molecule has 21 nitrogen and oxygen atoms in total. The van der Waals surface area contributed by atoms with Crippen molar-refractivity contribution in [3.8, 4) is 34.5 Å². The van der Waals surface area contributed by atoms with E-state index in [0.29, 0.717) is 36.9 Å². The third kappa shape index (κ3) is 17.9. The highest BCUT2D eigenvalue weighted by Gasteiger charge is 2.29. The van der Waals surface area contributed by atoms with E-state index in [9.17, 15) is 44.7 Å². The van der Waals surface area contributed by atoms with Crippen molar-refractivity contribution in [1.82, 2.24) is 0 Å². The number of carbonyl (C=O) groups excluding carboxylic acids is 2. The van der Waals surface area contributed by atoms with Crippen LogP contribution in [0.25, 0.3) is 0 Å². The van der Waals surface area contributed by atoms with E-state index in [2.05, 4.69) is 16.0 Å². The number of primary sulfonamides is 3. The number of benzene rings is 6. The molecule has 412 valence electrons. The summed E-state index contributed by atoms with van der Waals surface area (Å²) in [4.78, 5) is 36.7. The van der Waals surface area contributed by atoms with Gasteiger partial charge in [0.25, 0.3) is 0 Å². The minimum atomic E-state index is -4.43. The average Bonchev–Trinajstić information content (AvgIpc) is 3.39. The van der Waals surface area contributed by atoms with Gasteiger partial charge in [0.15, 0.2) is 17.2 Å². The standard InChI is InChI=1S/C36H42N4O10S2.C17H20N2O5S/c1-4-6-18-39-29-20-25(22-31(51(37,43)44)33(29)49-27-14-10-8-11-15-27)35(41)47-24(3)48-36(42)26-21-30(40-19-7-5-2)34(32(23-26)52(38,45)46)50-28-16-12-9-13-17-28;1-2-3-9-19-14-10-12(17(20)21)11-15(25(18,22)23)16(14)24-13-7-5-4-6-8-13/h8-17,20-24,39-40H,4-7,18-19H2,1-3H3,(H2,37,43,44)(H2,38,45,46);4-8,10-11,19H,2-3,9H2,1H3,(H,20,21)(H2,18,22,23). The van der Waals surface area contributed by atoms with Gasteiger partial charge in [-0.1, -0.05) is 94.6 Å². The Bertz CT molecular complexity index is 3190. The van der Waals surface area contributed by atoms with Crippen molar-refractivity contribution in [2.24, 2.45) is 15.4 Å². The summed E-state index contributed by atoms with van der Waals surface area (Å²) in [6.45, 7) is 8.59. The van der Waals surface area contributed by atoms with E-state index in [1.54, 1.807) is 91.0 Å². The van der Waals surface area contributed by atoms with E-state index in [4.69, 9.17) is 39.1 Å². The lowest BCUT2D eigenvalue weighted by atomic mass is 10.1. The number of anilines is 3. The summed E-state index contributed by atoms with van der Waals surface area (Å²) in [5.74, 6) is -2.53. The Hall–Kier alpha value is -7.74. The van der Waals surface area contributed by atoms with Crippen molar-refractivity contribution in [3.63, 3.8) is 0 Å². The first-order valence-corrected chi connectivity index (χ1v) is 28.9. The number of sulfonamides is 3. The third-order valence-electron chi connectivity index (χ3n) is 10.8. The monoisotopic (exact) mass is 1120 g/mol. The predicted molar refractivity (Wildman–Crippen MR) is 290 cm³/mol. The lowest BCUT2D eigenvalue weighted by Gasteiger charge is -2.20. The SMILES string of the molecule is CCCCNc1cc(C(=O)O)cc(S(N)(=O)=O)c1Oc1ccccc1.CCCCNc1cc(C(=O)OC(C)OC(=O)c2cc(NCCCC)c(Oc3ccccc3)c(S(N)(=O)=O)c2)cc(S(N)(=O)=O)c1Oc1ccccc1. The molecule has 24 heteroatoms. The van der Waals surface area contributed by atoms with Crippen molar-refractivity contribution in [2.75, 3.05) is 35.6 Å². The van der Waals surface area contributed by atoms with Crippen LogP contribution in [0.15, 0.2) is 142 Å². The molecule has 0 heterocycles.